The van der Waals surface area contributed by atoms with Gasteiger partial charge >= 0.3 is 5.97 Å². The van der Waals surface area contributed by atoms with Crippen LogP contribution in [0.3, 0.4) is 0 Å². The highest BCUT2D eigenvalue weighted by Gasteiger charge is 2.15. The van der Waals surface area contributed by atoms with Gasteiger partial charge in [0.05, 0.1) is 12.5 Å². The van der Waals surface area contributed by atoms with Crippen LogP contribution in [0, 0.1) is 0 Å². The largest absolute Gasteiger partial charge is 0.481 e. The van der Waals surface area contributed by atoms with E-state index in [1.165, 1.54) is 5.56 Å². The molecule has 0 aliphatic carbocycles. The van der Waals surface area contributed by atoms with Crippen LogP contribution >= 0.6 is 0 Å². The van der Waals surface area contributed by atoms with E-state index >= 15 is 0 Å². The van der Waals surface area contributed by atoms with Crippen molar-refractivity contribution < 1.29 is 15.0 Å². The molecule has 4 nitrogen and oxygen atoms in total. The van der Waals surface area contributed by atoms with Crippen LogP contribution in [0.5, 0.6) is 0 Å². The van der Waals surface area contributed by atoms with E-state index in [0.717, 1.165) is 5.56 Å². The minimum absolute atomic E-state index is 0.0895. The van der Waals surface area contributed by atoms with Crippen LogP contribution in [0.2, 0.25) is 0 Å². The minimum Gasteiger partial charge on any atom is -0.481 e. The molecule has 0 aliphatic rings. The SMILES string of the molecule is CN(CCC(=O)O)CC(O)c1ccc(C(C)(C)C)cc1. The van der Waals surface area contributed by atoms with Gasteiger partial charge < -0.3 is 15.1 Å². The summed E-state index contributed by atoms with van der Waals surface area (Å²) in [4.78, 5) is 12.3. The summed E-state index contributed by atoms with van der Waals surface area (Å²) < 4.78 is 0. The van der Waals surface area contributed by atoms with Crippen molar-refractivity contribution in [1.82, 2.24) is 4.90 Å². The van der Waals surface area contributed by atoms with Gasteiger partial charge in [-0.1, -0.05) is 45.0 Å². The van der Waals surface area contributed by atoms with Crippen molar-refractivity contribution in [2.75, 3.05) is 20.1 Å². The van der Waals surface area contributed by atoms with E-state index in [4.69, 9.17) is 5.11 Å². The topological polar surface area (TPSA) is 60.8 Å². The molecule has 2 N–H and O–H groups in total. The number of carbonyl (C=O) groups is 1. The lowest BCUT2D eigenvalue weighted by atomic mass is 9.86. The predicted molar refractivity (Wildman–Crippen MR) is 79.9 cm³/mol. The van der Waals surface area contributed by atoms with Crippen molar-refractivity contribution in [1.29, 1.82) is 0 Å². The fourth-order valence-corrected chi connectivity index (χ4v) is 1.98. The molecule has 1 unspecified atom stereocenters. The fourth-order valence-electron chi connectivity index (χ4n) is 1.98. The van der Waals surface area contributed by atoms with E-state index in [1.807, 2.05) is 36.2 Å². The first-order chi connectivity index (χ1) is 9.20. The van der Waals surface area contributed by atoms with Gasteiger partial charge in [-0.25, -0.2) is 0 Å². The van der Waals surface area contributed by atoms with Gasteiger partial charge in [-0.2, -0.15) is 0 Å². The maximum atomic E-state index is 10.5. The highest BCUT2D eigenvalue weighted by Crippen LogP contribution is 2.24. The molecule has 20 heavy (non-hydrogen) atoms. The predicted octanol–water partition coefficient (Wildman–Crippen LogP) is 2.42. The molecule has 112 valence electrons. The van der Waals surface area contributed by atoms with Crippen molar-refractivity contribution in [2.24, 2.45) is 0 Å². The average Bonchev–Trinajstić information content (AvgIpc) is 2.35. The summed E-state index contributed by atoms with van der Waals surface area (Å²) in [5.41, 5.74) is 2.19. The molecule has 0 aromatic heterocycles. The lowest BCUT2D eigenvalue weighted by Gasteiger charge is -2.22. The van der Waals surface area contributed by atoms with E-state index in [1.54, 1.807) is 0 Å². The molecule has 0 saturated carbocycles. The van der Waals surface area contributed by atoms with Gasteiger partial charge in [0.1, 0.15) is 0 Å². The maximum absolute atomic E-state index is 10.5. The van der Waals surface area contributed by atoms with Crippen LogP contribution in [0.1, 0.15) is 44.4 Å². The van der Waals surface area contributed by atoms with Gasteiger partial charge in [0, 0.05) is 13.1 Å². The number of carboxylic acid groups (broad SMARTS) is 1. The van der Waals surface area contributed by atoms with Crippen LogP contribution in [0.4, 0.5) is 0 Å². The smallest absolute Gasteiger partial charge is 0.304 e. The Balaban J connectivity index is 2.59. The number of hydrogen-bond donors (Lipinski definition) is 2. The third kappa shape index (κ3) is 5.31. The first-order valence-corrected chi connectivity index (χ1v) is 6.89. The first kappa shape index (κ1) is 16.7. The molecule has 0 bridgehead atoms. The molecule has 0 saturated heterocycles. The molecular weight excluding hydrogens is 254 g/mol. The molecular formula is C16H25NO3. The standard InChI is InChI=1S/C16H25NO3/c1-16(2,3)13-7-5-12(6-8-13)14(18)11-17(4)10-9-15(19)20/h5-8,14,18H,9-11H2,1-4H3,(H,19,20). The van der Waals surface area contributed by atoms with Crippen LogP contribution in [0.25, 0.3) is 0 Å². The zero-order valence-electron chi connectivity index (χ0n) is 12.8. The Morgan fingerprint density at radius 3 is 2.25 bits per heavy atom. The summed E-state index contributed by atoms with van der Waals surface area (Å²) in [5, 5.41) is 18.8. The highest BCUT2D eigenvalue weighted by molar-refractivity contribution is 5.66. The van der Waals surface area contributed by atoms with Crippen LogP contribution in [-0.2, 0) is 10.2 Å². The molecule has 1 rings (SSSR count). The van der Waals surface area contributed by atoms with E-state index in [9.17, 15) is 9.90 Å². The summed E-state index contributed by atoms with van der Waals surface area (Å²) in [6.07, 6.45) is -0.505. The van der Waals surface area contributed by atoms with Crippen molar-refractivity contribution in [3.05, 3.63) is 35.4 Å². The lowest BCUT2D eigenvalue weighted by molar-refractivity contribution is -0.137. The fraction of sp³-hybridized carbons (Fsp3) is 0.562. The van der Waals surface area contributed by atoms with Gasteiger partial charge in [-0.3, -0.25) is 4.79 Å². The van der Waals surface area contributed by atoms with Gasteiger partial charge in [-0.05, 0) is 23.6 Å². The Morgan fingerprint density at radius 2 is 1.80 bits per heavy atom. The molecule has 0 fully saturated rings. The molecule has 1 aromatic rings. The second-order valence-electron chi connectivity index (χ2n) is 6.29. The monoisotopic (exact) mass is 279 g/mol. The quantitative estimate of drug-likeness (QED) is 0.839. The number of benzene rings is 1. The van der Waals surface area contributed by atoms with Crippen molar-refractivity contribution >= 4 is 5.97 Å². The number of aliphatic hydroxyl groups is 1. The molecule has 0 aliphatic heterocycles. The van der Waals surface area contributed by atoms with Crippen LogP contribution in [-0.4, -0.2) is 41.2 Å². The Hall–Kier alpha value is -1.39. The normalized spacial score (nSPS) is 13.5. The van der Waals surface area contributed by atoms with Crippen molar-refractivity contribution in [3.63, 3.8) is 0 Å². The van der Waals surface area contributed by atoms with Crippen molar-refractivity contribution in [3.8, 4) is 0 Å². The van der Waals surface area contributed by atoms with E-state index in [0.29, 0.717) is 13.1 Å². The molecule has 0 radical (unpaired) electrons. The molecule has 1 atom stereocenters. The number of hydrogen-bond acceptors (Lipinski definition) is 3. The number of aliphatic carboxylic acids is 1. The van der Waals surface area contributed by atoms with Gasteiger partial charge in [0.2, 0.25) is 0 Å². The summed E-state index contributed by atoms with van der Waals surface area (Å²) in [7, 11) is 1.82. The zero-order valence-corrected chi connectivity index (χ0v) is 12.8. The molecule has 4 heteroatoms. The molecule has 0 amide bonds. The van der Waals surface area contributed by atoms with Gasteiger partial charge in [0.25, 0.3) is 0 Å². The summed E-state index contributed by atoms with van der Waals surface area (Å²) in [5.74, 6) is -0.819. The van der Waals surface area contributed by atoms with E-state index in [-0.39, 0.29) is 11.8 Å². The maximum Gasteiger partial charge on any atom is 0.304 e. The van der Waals surface area contributed by atoms with E-state index in [2.05, 4.69) is 20.8 Å². The molecule has 0 spiro atoms. The highest BCUT2D eigenvalue weighted by atomic mass is 16.4. The summed E-state index contributed by atoms with van der Waals surface area (Å²) in [6, 6.07) is 7.96. The Kier molecular flexibility index (Phi) is 5.72. The number of carboxylic acids is 1. The van der Waals surface area contributed by atoms with Crippen LogP contribution in [0.15, 0.2) is 24.3 Å². The Morgan fingerprint density at radius 1 is 1.25 bits per heavy atom. The average molecular weight is 279 g/mol. The number of rotatable bonds is 6. The molecule has 1 aromatic carbocycles. The van der Waals surface area contributed by atoms with E-state index < -0.39 is 12.1 Å². The van der Waals surface area contributed by atoms with Gasteiger partial charge in [0.15, 0.2) is 0 Å². The second kappa shape index (κ2) is 6.86. The number of aliphatic hydroxyl groups excluding tert-OH is 1. The zero-order chi connectivity index (χ0) is 15.3. The Bertz CT molecular complexity index is 434. The van der Waals surface area contributed by atoms with Gasteiger partial charge in [-0.15, -0.1) is 0 Å². The minimum atomic E-state index is -0.819. The Labute approximate surface area is 121 Å². The molecule has 0 heterocycles. The number of nitrogens with zero attached hydrogens (tertiary/aromatic N) is 1. The van der Waals surface area contributed by atoms with Crippen LogP contribution < -0.4 is 0 Å². The number of likely N-dealkylation sites (N-methyl/N-ethyl adjacent to an activating group) is 1. The lowest BCUT2D eigenvalue weighted by Crippen LogP contribution is -2.27. The second-order valence-corrected chi connectivity index (χ2v) is 6.29. The first-order valence-electron chi connectivity index (χ1n) is 6.89. The summed E-state index contributed by atoms with van der Waals surface area (Å²) in [6.45, 7) is 7.32. The third-order valence-electron chi connectivity index (χ3n) is 3.35. The van der Waals surface area contributed by atoms with Crippen molar-refractivity contribution in [2.45, 2.75) is 38.7 Å². The third-order valence-corrected chi connectivity index (χ3v) is 3.35. The summed E-state index contributed by atoms with van der Waals surface area (Å²) >= 11 is 0.